The van der Waals surface area contributed by atoms with E-state index < -0.39 is 0 Å². The molecule has 16 heterocycles. The number of piperazine rings is 4. The number of nitrogens with zero attached hydrogens (tertiary/aromatic N) is 25. The highest BCUT2D eigenvalue weighted by molar-refractivity contribution is 6.06. The van der Waals surface area contributed by atoms with Crippen LogP contribution in [0.15, 0.2) is 159 Å². The topological polar surface area (TPSA) is 326 Å². The molecule has 4 aromatic carbocycles. The second-order valence-corrected chi connectivity index (χ2v) is 35.1. The van der Waals surface area contributed by atoms with E-state index in [1.165, 1.54) is 120 Å². The summed E-state index contributed by atoms with van der Waals surface area (Å²) in [5.41, 5.74) is 15.1. The number of hydrogen-bond acceptors (Lipinski definition) is 28. The lowest BCUT2D eigenvalue weighted by Gasteiger charge is -2.33. The predicted octanol–water partition coefficient (Wildman–Crippen LogP) is 16.8. The zero-order valence-corrected chi connectivity index (χ0v) is 76.3. The Morgan fingerprint density at radius 2 is 0.592 bits per heavy atom. The van der Waals surface area contributed by atoms with Crippen molar-refractivity contribution in [2.75, 3.05) is 153 Å². The van der Waals surface area contributed by atoms with Gasteiger partial charge in [-0.05, 0) is 120 Å². The molecule has 674 valence electrons. The summed E-state index contributed by atoms with van der Waals surface area (Å²) in [4.78, 5) is 68.2. The molecule has 0 amide bonds. The number of hydrogen-bond donors (Lipinski definition) is 7. The number of rotatable bonds is 16. The first-order valence-corrected chi connectivity index (χ1v) is 45.9. The number of aromatic nitrogens is 20. The maximum Gasteiger partial charge on any atom is 0.228 e. The summed E-state index contributed by atoms with van der Waals surface area (Å²) in [6.45, 7) is 20.5. The molecule has 32 nitrogen and oxygen atoms in total. The fourth-order valence-electron chi connectivity index (χ4n) is 19.9. The van der Waals surface area contributed by atoms with Crippen LogP contribution < -0.4 is 56.8 Å². The van der Waals surface area contributed by atoms with Gasteiger partial charge >= 0.3 is 0 Å². The van der Waals surface area contributed by atoms with Gasteiger partial charge < -0.3 is 61.7 Å². The van der Waals surface area contributed by atoms with E-state index in [9.17, 15) is 0 Å². The van der Waals surface area contributed by atoms with Crippen LogP contribution in [0.2, 0.25) is 0 Å². The van der Waals surface area contributed by atoms with Crippen LogP contribution in [0.25, 0.3) is 87.2 Å². The van der Waals surface area contributed by atoms with Gasteiger partial charge in [-0.25, -0.2) is 59.8 Å². The average Bonchev–Trinajstić information content (AvgIpc) is 1.61. The Bertz CT molecular complexity index is 6370. The highest BCUT2D eigenvalue weighted by Gasteiger charge is 2.28. The molecule has 12 aromatic heterocycles. The van der Waals surface area contributed by atoms with E-state index in [1.54, 1.807) is 0 Å². The van der Waals surface area contributed by atoms with E-state index in [0.29, 0.717) is 48.0 Å². The maximum absolute atomic E-state index is 4.90. The number of halogens is 3. The van der Waals surface area contributed by atoms with Crippen molar-refractivity contribution in [1.82, 2.24) is 120 Å². The molecule has 35 heteroatoms. The van der Waals surface area contributed by atoms with Gasteiger partial charge in [0, 0.05) is 173 Å². The van der Waals surface area contributed by atoms with Crippen molar-refractivity contribution in [3.8, 4) is 0 Å². The van der Waals surface area contributed by atoms with Crippen LogP contribution in [0.5, 0.6) is 0 Å². The average molecular weight is 1810 g/mol. The van der Waals surface area contributed by atoms with Crippen LogP contribution >= 0.6 is 37.2 Å². The molecule has 0 unspecified atom stereocenters. The quantitative estimate of drug-likeness (QED) is 0.0472. The number of benzene rings is 4. The summed E-state index contributed by atoms with van der Waals surface area (Å²) in [6, 6.07) is 33.1. The van der Waals surface area contributed by atoms with Gasteiger partial charge in [0.15, 0.2) is 0 Å². The third-order valence-electron chi connectivity index (χ3n) is 26.8. The summed E-state index contributed by atoms with van der Waals surface area (Å²) in [6.07, 6.45) is 40.9. The monoisotopic (exact) mass is 1810 g/mol. The van der Waals surface area contributed by atoms with E-state index in [4.69, 9.17) is 45.3 Å². The molecule has 4 saturated carbocycles. The molecule has 4 aliphatic carbocycles. The summed E-state index contributed by atoms with van der Waals surface area (Å²) < 4.78 is 8.74. The largest absolute Gasteiger partial charge is 0.368 e. The van der Waals surface area contributed by atoms with Crippen LogP contribution in [0.3, 0.4) is 0 Å². The second kappa shape index (κ2) is 40.1. The Hall–Kier alpha value is -12.2. The zero-order valence-electron chi connectivity index (χ0n) is 73.9. The van der Waals surface area contributed by atoms with Crippen molar-refractivity contribution >= 4 is 194 Å². The second-order valence-electron chi connectivity index (χ2n) is 35.1. The summed E-state index contributed by atoms with van der Waals surface area (Å²) in [5.74, 6) is 5.26. The van der Waals surface area contributed by atoms with Crippen molar-refractivity contribution in [3.63, 3.8) is 0 Å². The van der Waals surface area contributed by atoms with Crippen molar-refractivity contribution in [1.29, 1.82) is 0 Å². The first-order valence-electron chi connectivity index (χ1n) is 45.9. The third-order valence-corrected chi connectivity index (χ3v) is 26.8. The first kappa shape index (κ1) is 88.5. The van der Waals surface area contributed by atoms with Crippen molar-refractivity contribution in [2.45, 2.75) is 141 Å². The third kappa shape index (κ3) is 19.0. The standard InChI is InChI=1S/3C24H28N8.C23H26N8.3ClH/c1-16-12-21(26-15-20(16)31-10-8-25-9-11-31)29-24-27-13-17-6-7-18-14-28-32(19-4-2-3-5-19)23(18)22(17)30-24;1-30-10-12-31(13-11-30)20-8-9-21(25-16-20)28-24-26-14-17-6-7-18-15-27-32(19-4-2-3-5-19)23(18)22(17)29-24;1-16-20(31-12-10-25-11-13-31)8-9-21(28-16)29-24-26-14-17-6-7-18-15-27-32(19-4-2-3-5-19)23(18)22(17)30-24;1-2-4-18(3-1)31-22-17(14-27-31)6-5-16-13-26-23(29-21(16)22)28-20-8-7-19(15-25-20)30-11-9-24-10-12-30;;;/h6-7,12-15,19,25H,2-5,8-11H2,1H3,(H,26,27,29,30);6-9,14-16,19H,2-5,10-13H2,1H3,(H,25,26,28,29);6-9,14-15,19,25H,2-5,10-13H2,1H3,(H,26,28,29,30);5-8,13-15,18,24H,1-4,9-12H2,(H,25,26,28,29);3*1H. The Labute approximate surface area is 773 Å². The molecule has 0 bridgehead atoms. The normalized spacial score (nSPS) is 17.3. The Balaban J connectivity index is 0.000000116. The van der Waals surface area contributed by atoms with Crippen LogP contribution in [0.4, 0.5) is 69.8 Å². The van der Waals surface area contributed by atoms with Crippen LogP contribution in [-0.4, -0.2) is 216 Å². The lowest BCUT2D eigenvalue weighted by molar-refractivity contribution is 0.313. The number of pyridine rings is 4. The highest BCUT2D eigenvalue weighted by Crippen LogP contribution is 2.40. The van der Waals surface area contributed by atoms with Crippen molar-refractivity contribution in [3.05, 3.63) is 170 Å². The van der Waals surface area contributed by atoms with Gasteiger partial charge in [-0.15, -0.1) is 37.2 Å². The Morgan fingerprint density at radius 3 is 0.931 bits per heavy atom. The fourth-order valence-corrected chi connectivity index (χ4v) is 19.9. The number of aryl methyl sites for hydroxylation is 2. The highest BCUT2D eigenvalue weighted by atomic mass is 35.5. The fraction of sp³-hybridized carbons (Fsp3) is 0.411. The Kier molecular flexibility index (Phi) is 27.3. The van der Waals surface area contributed by atoms with Gasteiger partial charge in [0.2, 0.25) is 23.8 Å². The molecule has 0 radical (unpaired) electrons. The van der Waals surface area contributed by atoms with Gasteiger partial charge in [-0.1, -0.05) is 99.9 Å². The van der Waals surface area contributed by atoms with Crippen molar-refractivity contribution < 1.29 is 0 Å². The SMILES string of the molecule is CN1CCN(c2ccc(Nc3ncc4ccc5cnn(C6CCCC6)c5c4n3)nc2)CC1.Cc1cc(Nc2ncc3ccc4cnn(C5CCCC5)c4c3n2)ncc1N1CCNCC1.Cc1nc(Nc2ncc3ccc4cnn(C5CCCC5)c4c3n2)ccc1N1CCNCC1.Cl.Cl.Cl.c1cc(Nc2ncc3ccc4cnn(C5CCCC5)c4c3n2)ncc1N1CCNCC1. The van der Waals surface area contributed by atoms with E-state index >= 15 is 0 Å². The lowest BCUT2D eigenvalue weighted by Crippen LogP contribution is -2.44. The minimum Gasteiger partial charge on any atom is -0.368 e. The van der Waals surface area contributed by atoms with Crippen LogP contribution in [0.1, 0.15) is 138 Å². The maximum atomic E-state index is 4.90. The number of likely N-dealkylation sites (N-methyl/N-ethyl adjacent to an activating group) is 1. The Morgan fingerprint density at radius 1 is 0.285 bits per heavy atom. The van der Waals surface area contributed by atoms with Gasteiger partial charge in [0.1, 0.15) is 45.3 Å². The summed E-state index contributed by atoms with van der Waals surface area (Å²) in [7, 11) is 2.17. The van der Waals surface area contributed by atoms with Gasteiger partial charge in [-0.2, -0.15) is 20.4 Å². The van der Waals surface area contributed by atoms with Gasteiger partial charge in [0.25, 0.3) is 0 Å². The molecular formula is C95H113Cl3N32. The van der Waals surface area contributed by atoms with E-state index in [-0.39, 0.29) is 37.2 Å². The first-order chi connectivity index (χ1) is 62.6. The number of nitrogens with one attached hydrogen (secondary N) is 7. The molecule has 4 aliphatic heterocycles. The molecule has 0 atom stereocenters. The lowest BCUT2D eigenvalue weighted by atomic mass is 10.1. The van der Waals surface area contributed by atoms with E-state index in [0.717, 1.165) is 232 Å². The molecular weight excluding hydrogens is 1700 g/mol. The number of anilines is 12. The van der Waals surface area contributed by atoms with Crippen molar-refractivity contribution in [2.24, 2.45) is 0 Å². The minimum absolute atomic E-state index is 0. The summed E-state index contributed by atoms with van der Waals surface area (Å²) >= 11 is 0. The van der Waals surface area contributed by atoms with Gasteiger partial charge in [-0.3, -0.25) is 18.7 Å². The van der Waals surface area contributed by atoms with Gasteiger partial charge in [0.05, 0.1) is 118 Å². The summed E-state index contributed by atoms with van der Waals surface area (Å²) in [5, 5.41) is 50.9. The number of fused-ring (bicyclic) bond motifs is 12. The van der Waals surface area contributed by atoms with Crippen LogP contribution in [-0.2, 0) is 0 Å². The van der Waals surface area contributed by atoms with E-state index in [1.807, 2.05) is 86.4 Å². The molecule has 24 rings (SSSR count). The predicted molar refractivity (Wildman–Crippen MR) is 528 cm³/mol. The molecule has 7 N–H and O–H groups in total. The smallest absolute Gasteiger partial charge is 0.228 e. The molecule has 0 spiro atoms. The van der Waals surface area contributed by atoms with Crippen LogP contribution in [0, 0.1) is 13.8 Å². The van der Waals surface area contributed by atoms with E-state index in [2.05, 4.69) is 209 Å². The molecule has 130 heavy (non-hydrogen) atoms. The molecule has 4 saturated heterocycles. The molecule has 8 aliphatic rings. The zero-order chi connectivity index (χ0) is 85.1. The minimum atomic E-state index is 0. The molecule has 8 fully saturated rings. The molecule has 16 aromatic rings.